The first-order chi connectivity index (χ1) is 8.97. The lowest BCUT2D eigenvalue weighted by atomic mass is 9.86. The molecule has 19 heavy (non-hydrogen) atoms. The molecule has 1 nitrogen and oxygen atoms in total. The molecule has 1 heterocycles. The third-order valence-electron chi connectivity index (χ3n) is 3.98. The summed E-state index contributed by atoms with van der Waals surface area (Å²) < 4.78 is 0. The SMILES string of the molecule is CC(NC1CCSCC1)c1ccc(C(C)(C)C)cc1. The molecule has 1 saturated heterocycles. The van der Waals surface area contributed by atoms with Gasteiger partial charge in [-0.3, -0.25) is 0 Å². The summed E-state index contributed by atoms with van der Waals surface area (Å²) in [6.07, 6.45) is 2.63. The van der Waals surface area contributed by atoms with Crippen molar-refractivity contribution in [3.63, 3.8) is 0 Å². The minimum absolute atomic E-state index is 0.246. The smallest absolute Gasteiger partial charge is 0.0294 e. The fourth-order valence-corrected chi connectivity index (χ4v) is 3.69. The van der Waals surface area contributed by atoms with Crippen molar-refractivity contribution >= 4 is 11.8 Å². The maximum absolute atomic E-state index is 3.78. The van der Waals surface area contributed by atoms with Crippen LogP contribution in [0.1, 0.15) is 57.7 Å². The van der Waals surface area contributed by atoms with Crippen LogP contribution in [0.5, 0.6) is 0 Å². The maximum atomic E-state index is 3.78. The van der Waals surface area contributed by atoms with Gasteiger partial charge < -0.3 is 5.32 Å². The molecule has 0 aromatic heterocycles. The second kappa shape index (κ2) is 6.32. The van der Waals surface area contributed by atoms with Crippen LogP contribution in [0.3, 0.4) is 0 Å². The summed E-state index contributed by atoms with van der Waals surface area (Å²) in [7, 11) is 0. The number of hydrogen-bond donors (Lipinski definition) is 1. The fourth-order valence-electron chi connectivity index (χ4n) is 2.59. The molecule has 1 aromatic carbocycles. The van der Waals surface area contributed by atoms with Gasteiger partial charge in [0.05, 0.1) is 0 Å². The van der Waals surface area contributed by atoms with Gasteiger partial charge in [0.2, 0.25) is 0 Å². The van der Waals surface area contributed by atoms with Crippen LogP contribution in [0, 0.1) is 0 Å². The van der Waals surface area contributed by atoms with Crippen LogP contribution in [-0.2, 0) is 5.41 Å². The van der Waals surface area contributed by atoms with E-state index in [1.807, 2.05) is 0 Å². The minimum Gasteiger partial charge on any atom is -0.307 e. The molecule has 0 bridgehead atoms. The molecule has 1 unspecified atom stereocenters. The van der Waals surface area contributed by atoms with Gasteiger partial charge in [-0.1, -0.05) is 45.0 Å². The highest BCUT2D eigenvalue weighted by Crippen LogP contribution is 2.25. The van der Waals surface area contributed by atoms with E-state index < -0.39 is 0 Å². The predicted octanol–water partition coefficient (Wildman–Crippen LogP) is 4.53. The molecule has 1 aromatic rings. The van der Waals surface area contributed by atoms with Crippen molar-refractivity contribution in [2.75, 3.05) is 11.5 Å². The van der Waals surface area contributed by atoms with Crippen LogP contribution < -0.4 is 5.32 Å². The Morgan fingerprint density at radius 2 is 1.68 bits per heavy atom. The third kappa shape index (κ3) is 4.25. The largest absolute Gasteiger partial charge is 0.307 e. The van der Waals surface area contributed by atoms with E-state index in [2.05, 4.69) is 69.0 Å². The maximum Gasteiger partial charge on any atom is 0.0294 e. The lowest BCUT2D eigenvalue weighted by molar-refractivity contribution is 0.431. The van der Waals surface area contributed by atoms with E-state index >= 15 is 0 Å². The van der Waals surface area contributed by atoms with Crippen molar-refractivity contribution < 1.29 is 0 Å². The Balaban J connectivity index is 1.97. The van der Waals surface area contributed by atoms with Gasteiger partial charge in [0.15, 0.2) is 0 Å². The van der Waals surface area contributed by atoms with Crippen molar-refractivity contribution in [2.24, 2.45) is 0 Å². The highest BCUT2D eigenvalue weighted by Gasteiger charge is 2.17. The normalized spacial score (nSPS) is 19.4. The zero-order valence-corrected chi connectivity index (χ0v) is 13.5. The Hall–Kier alpha value is -0.470. The molecule has 1 aliphatic rings. The standard InChI is InChI=1S/C17H27NS/c1-13(18-16-9-11-19-12-10-16)14-5-7-15(8-6-14)17(2,3)4/h5-8,13,16,18H,9-12H2,1-4H3. The van der Waals surface area contributed by atoms with Gasteiger partial charge in [0.25, 0.3) is 0 Å². The number of rotatable bonds is 3. The second-order valence-corrected chi connectivity index (χ2v) is 7.87. The highest BCUT2D eigenvalue weighted by molar-refractivity contribution is 7.99. The second-order valence-electron chi connectivity index (χ2n) is 6.65. The van der Waals surface area contributed by atoms with Gasteiger partial charge in [-0.15, -0.1) is 0 Å². The number of hydrogen-bond acceptors (Lipinski definition) is 2. The van der Waals surface area contributed by atoms with Crippen LogP contribution in [-0.4, -0.2) is 17.5 Å². The first-order valence-corrected chi connectivity index (χ1v) is 8.56. The quantitative estimate of drug-likeness (QED) is 0.871. The fraction of sp³-hybridized carbons (Fsp3) is 0.647. The molecule has 0 aliphatic carbocycles. The van der Waals surface area contributed by atoms with Crippen LogP contribution in [0.2, 0.25) is 0 Å². The summed E-state index contributed by atoms with van der Waals surface area (Å²) >= 11 is 2.09. The van der Waals surface area contributed by atoms with E-state index in [4.69, 9.17) is 0 Å². The summed E-state index contributed by atoms with van der Waals surface area (Å²) in [4.78, 5) is 0. The zero-order valence-electron chi connectivity index (χ0n) is 12.7. The van der Waals surface area contributed by atoms with Gasteiger partial charge >= 0.3 is 0 Å². The summed E-state index contributed by atoms with van der Waals surface area (Å²) in [5.41, 5.74) is 3.07. The van der Waals surface area contributed by atoms with E-state index in [1.54, 1.807) is 0 Å². The minimum atomic E-state index is 0.246. The lowest BCUT2D eigenvalue weighted by Gasteiger charge is -2.27. The van der Waals surface area contributed by atoms with Crippen LogP contribution in [0.15, 0.2) is 24.3 Å². The Bertz CT molecular complexity index is 385. The molecule has 0 radical (unpaired) electrons. The summed E-state index contributed by atoms with van der Waals surface area (Å²) in [5, 5.41) is 3.78. The summed E-state index contributed by atoms with van der Waals surface area (Å²) in [6, 6.07) is 10.3. The monoisotopic (exact) mass is 277 g/mol. The Morgan fingerprint density at radius 3 is 2.21 bits per heavy atom. The van der Waals surface area contributed by atoms with E-state index in [0.717, 1.165) is 0 Å². The van der Waals surface area contributed by atoms with E-state index in [-0.39, 0.29) is 5.41 Å². The Morgan fingerprint density at radius 1 is 1.11 bits per heavy atom. The average Bonchev–Trinajstić information content (AvgIpc) is 2.39. The van der Waals surface area contributed by atoms with E-state index in [9.17, 15) is 0 Å². The molecular weight excluding hydrogens is 250 g/mol. The molecule has 0 saturated carbocycles. The van der Waals surface area contributed by atoms with Crippen LogP contribution >= 0.6 is 11.8 Å². The van der Waals surface area contributed by atoms with Gasteiger partial charge in [-0.25, -0.2) is 0 Å². The number of nitrogens with one attached hydrogen (secondary N) is 1. The molecule has 1 aliphatic heterocycles. The van der Waals surface area contributed by atoms with Crippen molar-refractivity contribution in [3.8, 4) is 0 Å². The Kier molecular flexibility index (Phi) is 4.97. The number of thioether (sulfide) groups is 1. The summed E-state index contributed by atoms with van der Waals surface area (Å²) in [5.74, 6) is 2.63. The number of benzene rings is 1. The molecule has 2 rings (SSSR count). The van der Waals surface area contributed by atoms with Gasteiger partial charge in [-0.2, -0.15) is 11.8 Å². The van der Waals surface area contributed by atoms with Crippen molar-refractivity contribution in [2.45, 2.75) is 58.0 Å². The Labute approximate surface area is 122 Å². The van der Waals surface area contributed by atoms with E-state index in [1.165, 1.54) is 35.5 Å². The molecule has 0 amide bonds. The van der Waals surface area contributed by atoms with Crippen LogP contribution in [0.4, 0.5) is 0 Å². The third-order valence-corrected chi connectivity index (χ3v) is 5.03. The summed E-state index contributed by atoms with van der Waals surface area (Å²) in [6.45, 7) is 9.09. The first kappa shape index (κ1) is 14.9. The molecule has 1 N–H and O–H groups in total. The molecule has 1 atom stereocenters. The average molecular weight is 277 g/mol. The van der Waals surface area contributed by atoms with Crippen molar-refractivity contribution in [1.29, 1.82) is 0 Å². The van der Waals surface area contributed by atoms with Crippen molar-refractivity contribution in [1.82, 2.24) is 5.32 Å². The molecule has 1 fully saturated rings. The lowest BCUT2D eigenvalue weighted by Crippen LogP contribution is -2.34. The molecular formula is C17H27NS. The van der Waals surface area contributed by atoms with Gasteiger partial charge in [0, 0.05) is 12.1 Å². The molecule has 0 spiro atoms. The van der Waals surface area contributed by atoms with E-state index in [0.29, 0.717) is 12.1 Å². The molecule has 2 heteroatoms. The highest BCUT2D eigenvalue weighted by atomic mass is 32.2. The van der Waals surface area contributed by atoms with Gasteiger partial charge in [0.1, 0.15) is 0 Å². The van der Waals surface area contributed by atoms with Gasteiger partial charge in [-0.05, 0) is 47.8 Å². The zero-order chi connectivity index (χ0) is 13.9. The topological polar surface area (TPSA) is 12.0 Å². The predicted molar refractivity (Wildman–Crippen MR) is 87.0 cm³/mol. The molecule has 106 valence electrons. The van der Waals surface area contributed by atoms with Crippen molar-refractivity contribution in [3.05, 3.63) is 35.4 Å². The van der Waals surface area contributed by atoms with Crippen LogP contribution in [0.25, 0.3) is 0 Å². The first-order valence-electron chi connectivity index (χ1n) is 7.41.